The van der Waals surface area contributed by atoms with E-state index in [1.54, 1.807) is 25.1 Å². The van der Waals surface area contributed by atoms with Crippen LogP contribution in [0.2, 0.25) is 0 Å². The number of methoxy groups -OCH3 is 1. The van der Waals surface area contributed by atoms with Crippen LogP contribution in [0, 0.1) is 11.3 Å². The fraction of sp³-hybridized carbons (Fsp3) is 0.556. The molecule has 126 valence electrons. The Bertz CT molecular complexity index is 580. The van der Waals surface area contributed by atoms with Crippen molar-refractivity contribution in [3.8, 4) is 11.8 Å². The molecule has 1 aromatic carbocycles. The van der Waals surface area contributed by atoms with Gasteiger partial charge in [0.15, 0.2) is 0 Å². The molecule has 0 heterocycles. The van der Waals surface area contributed by atoms with E-state index in [4.69, 9.17) is 9.47 Å². The maximum Gasteiger partial charge on any atom is 0.256 e. The number of nitrogens with one attached hydrogen (secondary N) is 1. The molecule has 0 saturated heterocycles. The highest BCUT2D eigenvalue weighted by Gasteiger charge is 2.32. The summed E-state index contributed by atoms with van der Waals surface area (Å²) in [6.07, 6.45) is 2.38. The van der Waals surface area contributed by atoms with E-state index in [2.05, 4.69) is 11.4 Å². The fourth-order valence-electron chi connectivity index (χ4n) is 2.15. The molecule has 23 heavy (non-hydrogen) atoms. The number of carbonyl (C=O) groups is 1. The zero-order chi connectivity index (χ0) is 17.5. The summed E-state index contributed by atoms with van der Waals surface area (Å²) in [4.78, 5) is 12.5. The summed E-state index contributed by atoms with van der Waals surface area (Å²) in [7, 11) is 1.52. The molecular formula is C18H26N2O3. The van der Waals surface area contributed by atoms with Gasteiger partial charge in [0.25, 0.3) is 5.91 Å². The number of rotatable bonds is 8. The van der Waals surface area contributed by atoms with E-state index in [1.807, 2.05) is 20.8 Å². The molecule has 0 aliphatic heterocycles. The average Bonchev–Trinajstić information content (AvgIpc) is 2.55. The lowest BCUT2D eigenvalue weighted by molar-refractivity contribution is -0.136. The number of ether oxygens (including phenoxy) is 2. The molecule has 0 fully saturated rings. The minimum absolute atomic E-state index is 0.0725. The highest BCUT2D eigenvalue weighted by atomic mass is 16.5. The number of nitriles is 1. The monoisotopic (exact) mass is 318 g/mol. The van der Waals surface area contributed by atoms with Crippen molar-refractivity contribution in [1.82, 2.24) is 0 Å². The van der Waals surface area contributed by atoms with Gasteiger partial charge < -0.3 is 14.8 Å². The zero-order valence-corrected chi connectivity index (χ0v) is 14.6. The molecule has 5 nitrogen and oxygen atoms in total. The molecule has 0 bridgehead atoms. The van der Waals surface area contributed by atoms with Crippen LogP contribution in [0.3, 0.4) is 0 Å². The van der Waals surface area contributed by atoms with Gasteiger partial charge in [-0.1, -0.05) is 20.3 Å². The summed E-state index contributed by atoms with van der Waals surface area (Å²) in [5.74, 6) is 0.367. The van der Waals surface area contributed by atoms with Gasteiger partial charge in [0.1, 0.15) is 17.4 Å². The van der Waals surface area contributed by atoms with Crippen LogP contribution in [0.15, 0.2) is 18.2 Å². The number of amides is 1. The smallest absolute Gasteiger partial charge is 0.256 e. The molecule has 0 aliphatic carbocycles. The zero-order valence-electron chi connectivity index (χ0n) is 14.6. The van der Waals surface area contributed by atoms with Gasteiger partial charge >= 0.3 is 0 Å². The topological polar surface area (TPSA) is 71.3 Å². The molecular weight excluding hydrogens is 292 g/mol. The Morgan fingerprint density at radius 3 is 2.65 bits per heavy atom. The van der Waals surface area contributed by atoms with E-state index in [1.165, 1.54) is 7.11 Å². The van der Waals surface area contributed by atoms with Crippen molar-refractivity contribution in [3.05, 3.63) is 23.8 Å². The average molecular weight is 318 g/mol. The van der Waals surface area contributed by atoms with Crippen molar-refractivity contribution in [2.24, 2.45) is 0 Å². The molecule has 1 amide bonds. The minimum atomic E-state index is -0.909. The van der Waals surface area contributed by atoms with Crippen LogP contribution in [0.4, 0.5) is 5.69 Å². The first-order valence-electron chi connectivity index (χ1n) is 7.97. The minimum Gasteiger partial charge on any atom is -0.491 e. The Morgan fingerprint density at radius 1 is 1.43 bits per heavy atom. The van der Waals surface area contributed by atoms with Crippen molar-refractivity contribution in [1.29, 1.82) is 5.26 Å². The fourth-order valence-corrected chi connectivity index (χ4v) is 2.15. The van der Waals surface area contributed by atoms with Gasteiger partial charge in [-0.3, -0.25) is 4.79 Å². The van der Waals surface area contributed by atoms with Crippen molar-refractivity contribution in [2.45, 2.75) is 58.7 Å². The predicted molar refractivity (Wildman–Crippen MR) is 90.5 cm³/mol. The summed E-state index contributed by atoms with van der Waals surface area (Å²) in [6.45, 7) is 7.74. The Morgan fingerprint density at radius 2 is 2.13 bits per heavy atom. The molecule has 1 N–H and O–H groups in total. The largest absolute Gasteiger partial charge is 0.491 e. The molecule has 1 rings (SSSR count). The van der Waals surface area contributed by atoms with Gasteiger partial charge in [0, 0.05) is 13.2 Å². The first-order chi connectivity index (χ1) is 10.9. The molecule has 0 spiro atoms. The number of carbonyl (C=O) groups excluding carboxylic acids is 1. The van der Waals surface area contributed by atoms with Crippen molar-refractivity contribution in [2.75, 3.05) is 12.4 Å². The standard InChI is InChI=1S/C18H26N2O3/c1-6-10-18(4,22-5)17(21)20-16-9-8-15(11-14(16)12-19)23-13(3)7-2/h8-9,11,13H,6-7,10H2,1-5H3,(H,20,21)/t13-,18-/m1/s1. The Kier molecular flexibility index (Phi) is 7.05. The molecule has 0 unspecified atom stereocenters. The van der Waals surface area contributed by atoms with Crippen LogP contribution in [0.25, 0.3) is 0 Å². The van der Waals surface area contributed by atoms with E-state index in [9.17, 15) is 10.1 Å². The van der Waals surface area contributed by atoms with Crippen LogP contribution in [0.1, 0.15) is 52.5 Å². The molecule has 0 saturated carbocycles. The second kappa shape index (κ2) is 8.54. The summed E-state index contributed by atoms with van der Waals surface area (Å²) < 4.78 is 11.1. The summed E-state index contributed by atoms with van der Waals surface area (Å²) >= 11 is 0. The van der Waals surface area contributed by atoms with E-state index in [0.717, 1.165) is 12.8 Å². The molecule has 5 heteroatoms. The molecule has 2 atom stereocenters. The lowest BCUT2D eigenvalue weighted by Gasteiger charge is -2.26. The Balaban J connectivity index is 2.97. The Hall–Kier alpha value is -2.06. The predicted octanol–water partition coefficient (Wildman–Crippen LogP) is 3.88. The van der Waals surface area contributed by atoms with E-state index >= 15 is 0 Å². The molecule has 0 aromatic heterocycles. The SMILES string of the molecule is CCC[C@@](C)(OC)C(=O)Nc1ccc(O[C@H](C)CC)cc1C#N. The number of hydrogen-bond donors (Lipinski definition) is 1. The van der Waals surface area contributed by atoms with Crippen LogP contribution in [0.5, 0.6) is 5.75 Å². The number of benzene rings is 1. The van der Waals surface area contributed by atoms with Crippen LogP contribution < -0.4 is 10.1 Å². The van der Waals surface area contributed by atoms with Gasteiger partial charge in [-0.15, -0.1) is 0 Å². The van der Waals surface area contributed by atoms with Crippen LogP contribution >= 0.6 is 0 Å². The van der Waals surface area contributed by atoms with E-state index in [0.29, 0.717) is 23.4 Å². The third-order valence-electron chi connectivity index (χ3n) is 3.93. The second-order valence-corrected chi connectivity index (χ2v) is 5.80. The van der Waals surface area contributed by atoms with E-state index in [-0.39, 0.29) is 12.0 Å². The van der Waals surface area contributed by atoms with Gasteiger partial charge in [0.2, 0.25) is 0 Å². The van der Waals surface area contributed by atoms with Crippen molar-refractivity contribution < 1.29 is 14.3 Å². The van der Waals surface area contributed by atoms with Crippen LogP contribution in [-0.2, 0) is 9.53 Å². The van der Waals surface area contributed by atoms with Gasteiger partial charge in [-0.25, -0.2) is 0 Å². The maximum atomic E-state index is 12.5. The third-order valence-corrected chi connectivity index (χ3v) is 3.93. The number of hydrogen-bond acceptors (Lipinski definition) is 4. The van der Waals surface area contributed by atoms with Crippen LogP contribution in [-0.4, -0.2) is 24.7 Å². The molecule has 0 radical (unpaired) electrons. The van der Waals surface area contributed by atoms with E-state index < -0.39 is 5.60 Å². The lowest BCUT2D eigenvalue weighted by Crippen LogP contribution is -2.41. The summed E-state index contributed by atoms with van der Waals surface area (Å²) in [5, 5.41) is 12.1. The van der Waals surface area contributed by atoms with Gasteiger partial charge in [-0.05, 0) is 38.8 Å². The molecule has 1 aromatic rings. The van der Waals surface area contributed by atoms with Gasteiger partial charge in [0.05, 0.1) is 17.4 Å². The first kappa shape index (κ1) is 19.0. The van der Waals surface area contributed by atoms with Crippen molar-refractivity contribution >= 4 is 11.6 Å². The normalized spacial score (nSPS) is 14.4. The highest BCUT2D eigenvalue weighted by molar-refractivity contribution is 5.98. The Labute approximate surface area is 138 Å². The third kappa shape index (κ3) is 4.97. The number of anilines is 1. The first-order valence-corrected chi connectivity index (χ1v) is 7.97. The quantitative estimate of drug-likeness (QED) is 0.789. The maximum absolute atomic E-state index is 12.5. The van der Waals surface area contributed by atoms with Crippen molar-refractivity contribution in [3.63, 3.8) is 0 Å². The highest BCUT2D eigenvalue weighted by Crippen LogP contribution is 2.25. The molecule has 0 aliphatic rings. The lowest BCUT2D eigenvalue weighted by atomic mass is 9.99. The second-order valence-electron chi connectivity index (χ2n) is 5.80. The summed E-state index contributed by atoms with van der Waals surface area (Å²) in [6, 6.07) is 7.19. The summed E-state index contributed by atoms with van der Waals surface area (Å²) in [5.41, 5.74) is -0.0737. The number of nitrogens with zero attached hydrogens (tertiary/aromatic N) is 1. The van der Waals surface area contributed by atoms with Gasteiger partial charge in [-0.2, -0.15) is 5.26 Å².